The molecule has 1 aliphatic rings. The summed E-state index contributed by atoms with van der Waals surface area (Å²) in [5.41, 5.74) is -2.91. The summed E-state index contributed by atoms with van der Waals surface area (Å²) in [4.78, 5) is 0. The van der Waals surface area contributed by atoms with E-state index in [1.807, 2.05) is 30.3 Å². The normalized spacial score (nSPS) is 17.2. The number of hydrogen-bond acceptors (Lipinski definition) is 2. The number of nitrogens with one attached hydrogen (secondary N) is 1. The first-order chi connectivity index (χ1) is 14.0. The van der Waals surface area contributed by atoms with Crippen LogP contribution in [-0.2, 0) is 24.2 Å². The van der Waals surface area contributed by atoms with Crippen molar-refractivity contribution >= 4 is 12.4 Å². The first-order valence-corrected chi connectivity index (χ1v) is 9.47. The van der Waals surface area contributed by atoms with Crippen LogP contribution in [0.4, 0.5) is 26.3 Å². The molecule has 2 nitrogen and oxygen atoms in total. The number of aliphatic hydroxyl groups excluding tert-OH is 1. The van der Waals surface area contributed by atoms with Crippen LogP contribution in [0.25, 0.3) is 0 Å². The van der Waals surface area contributed by atoms with E-state index in [0.29, 0.717) is 32.0 Å². The molecule has 0 radical (unpaired) electrons. The number of alkyl halides is 6. The Morgan fingerprint density at radius 3 is 2.10 bits per heavy atom. The molecule has 0 unspecified atom stereocenters. The highest BCUT2D eigenvalue weighted by Gasteiger charge is 2.39. The number of allylic oxidation sites excluding steroid dienone is 2. The highest BCUT2D eigenvalue weighted by molar-refractivity contribution is 5.85. The maximum atomic E-state index is 13.4. The smallest absolute Gasteiger partial charge is 0.416 e. The fourth-order valence-corrected chi connectivity index (χ4v) is 3.90. The molecule has 0 bridgehead atoms. The molecule has 0 saturated carbocycles. The monoisotopic (exact) mass is 465 g/mol. The molecule has 9 heteroatoms. The van der Waals surface area contributed by atoms with Gasteiger partial charge in [0.25, 0.3) is 0 Å². The maximum Gasteiger partial charge on any atom is 0.416 e. The van der Waals surface area contributed by atoms with Gasteiger partial charge in [-0.25, -0.2) is 0 Å². The van der Waals surface area contributed by atoms with Gasteiger partial charge < -0.3 is 10.4 Å². The van der Waals surface area contributed by atoms with Crippen molar-refractivity contribution in [3.05, 3.63) is 82.6 Å². The molecular formula is C22H22ClF6NO. The summed E-state index contributed by atoms with van der Waals surface area (Å²) in [6.45, 7) is 1.25. The van der Waals surface area contributed by atoms with Crippen LogP contribution in [0, 0.1) is 0 Å². The lowest BCUT2D eigenvalue weighted by molar-refractivity contribution is -0.143. The summed E-state index contributed by atoms with van der Waals surface area (Å²) in [5, 5.41) is 14.1. The average Bonchev–Trinajstić information content (AvgIpc) is 2.71. The molecule has 170 valence electrons. The van der Waals surface area contributed by atoms with E-state index in [1.165, 1.54) is 6.08 Å². The molecule has 1 heterocycles. The Bertz CT molecular complexity index is 902. The Kier molecular flexibility index (Phi) is 7.70. The molecule has 2 aromatic rings. The van der Waals surface area contributed by atoms with Crippen molar-refractivity contribution in [1.82, 2.24) is 5.32 Å². The number of rotatable bonds is 4. The summed E-state index contributed by atoms with van der Waals surface area (Å²) < 4.78 is 78.7. The summed E-state index contributed by atoms with van der Waals surface area (Å²) >= 11 is 0. The van der Waals surface area contributed by atoms with E-state index >= 15 is 0 Å². The Labute approximate surface area is 182 Å². The Morgan fingerprint density at radius 1 is 0.935 bits per heavy atom. The second-order valence-corrected chi connectivity index (χ2v) is 7.36. The number of hydrogen-bond donors (Lipinski definition) is 2. The molecule has 0 atom stereocenters. The second kappa shape index (κ2) is 9.53. The zero-order valence-electron chi connectivity index (χ0n) is 16.4. The Morgan fingerprint density at radius 2 is 1.55 bits per heavy atom. The van der Waals surface area contributed by atoms with Crippen LogP contribution >= 0.6 is 12.4 Å². The number of aliphatic hydroxyl groups is 1. The van der Waals surface area contributed by atoms with Gasteiger partial charge in [0.1, 0.15) is 0 Å². The molecule has 0 aliphatic carbocycles. The molecule has 1 aliphatic heterocycles. The predicted octanol–water partition coefficient (Wildman–Crippen LogP) is 6.45. The van der Waals surface area contributed by atoms with Crippen LogP contribution in [0.5, 0.6) is 0 Å². The number of benzene rings is 2. The van der Waals surface area contributed by atoms with Crippen LogP contribution in [0.3, 0.4) is 0 Å². The minimum absolute atomic E-state index is 0. The molecular weight excluding hydrogens is 444 g/mol. The van der Waals surface area contributed by atoms with Crippen LogP contribution in [0.2, 0.25) is 0 Å². The van der Waals surface area contributed by atoms with Crippen LogP contribution in [0.15, 0.2) is 60.4 Å². The van der Waals surface area contributed by atoms with Crippen molar-refractivity contribution in [2.75, 3.05) is 13.1 Å². The van der Waals surface area contributed by atoms with Crippen molar-refractivity contribution in [3.8, 4) is 0 Å². The van der Waals surface area contributed by atoms with E-state index in [-0.39, 0.29) is 36.2 Å². The van der Waals surface area contributed by atoms with Crippen molar-refractivity contribution in [2.24, 2.45) is 0 Å². The van der Waals surface area contributed by atoms with Gasteiger partial charge in [-0.05, 0) is 61.7 Å². The molecule has 31 heavy (non-hydrogen) atoms. The van der Waals surface area contributed by atoms with E-state index in [9.17, 15) is 31.4 Å². The minimum atomic E-state index is -4.94. The van der Waals surface area contributed by atoms with Crippen LogP contribution in [-0.4, -0.2) is 18.2 Å². The van der Waals surface area contributed by atoms with Gasteiger partial charge in [0.15, 0.2) is 0 Å². The number of halogens is 7. The SMILES string of the molecule is Cl.O/C(=C\Cc1ccc(C(F)(F)F)cc1C(F)(F)F)C1(c2ccccc2)CCNCC1. The van der Waals surface area contributed by atoms with Crippen LogP contribution < -0.4 is 5.32 Å². The Hall–Kier alpha value is -2.19. The third-order valence-corrected chi connectivity index (χ3v) is 5.53. The van der Waals surface area contributed by atoms with Gasteiger partial charge in [-0.1, -0.05) is 36.4 Å². The maximum absolute atomic E-state index is 13.4. The fraction of sp³-hybridized carbons (Fsp3) is 0.364. The molecule has 3 rings (SSSR count). The topological polar surface area (TPSA) is 32.3 Å². The number of piperidine rings is 1. The van der Waals surface area contributed by atoms with E-state index in [2.05, 4.69) is 5.32 Å². The third kappa shape index (κ3) is 5.54. The molecule has 0 spiro atoms. The zero-order chi connectivity index (χ0) is 22.0. The first-order valence-electron chi connectivity index (χ1n) is 9.47. The van der Waals surface area contributed by atoms with Crippen molar-refractivity contribution in [3.63, 3.8) is 0 Å². The van der Waals surface area contributed by atoms with Gasteiger partial charge in [-0.2, -0.15) is 26.3 Å². The zero-order valence-corrected chi connectivity index (χ0v) is 17.2. The van der Waals surface area contributed by atoms with E-state index in [0.717, 1.165) is 11.6 Å². The highest BCUT2D eigenvalue weighted by Crippen LogP contribution is 2.41. The lowest BCUT2D eigenvalue weighted by Crippen LogP contribution is -2.41. The fourth-order valence-electron chi connectivity index (χ4n) is 3.90. The van der Waals surface area contributed by atoms with Crippen molar-refractivity contribution < 1.29 is 31.4 Å². The molecule has 2 aromatic carbocycles. The standard InChI is InChI=1S/C22H21F6NO.ClH/c23-21(24,25)17-8-6-15(18(14-17)22(26,27)28)7-9-19(30)20(10-12-29-13-11-20)16-4-2-1-3-5-16;/h1-6,8-9,14,29-30H,7,10-13H2;1H/b19-9-;. The molecule has 1 fully saturated rings. The van der Waals surface area contributed by atoms with Gasteiger partial charge in [0.2, 0.25) is 0 Å². The van der Waals surface area contributed by atoms with Gasteiger partial charge in [0.05, 0.1) is 22.3 Å². The highest BCUT2D eigenvalue weighted by atomic mass is 35.5. The quantitative estimate of drug-likeness (QED) is 0.401. The summed E-state index contributed by atoms with van der Waals surface area (Å²) in [6, 6.07) is 10.8. The molecule has 1 saturated heterocycles. The van der Waals surface area contributed by atoms with E-state index in [4.69, 9.17) is 0 Å². The summed E-state index contributed by atoms with van der Waals surface area (Å²) in [7, 11) is 0. The van der Waals surface area contributed by atoms with Crippen molar-refractivity contribution in [2.45, 2.75) is 37.0 Å². The average molecular weight is 466 g/mol. The Balaban J connectivity index is 0.00000341. The van der Waals surface area contributed by atoms with E-state index < -0.39 is 28.9 Å². The molecule has 2 N–H and O–H groups in total. The van der Waals surface area contributed by atoms with Gasteiger partial charge in [-0.15, -0.1) is 12.4 Å². The second-order valence-electron chi connectivity index (χ2n) is 7.36. The van der Waals surface area contributed by atoms with Crippen LogP contribution in [0.1, 0.15) is 35.1 Å². The summed E-state index contributed by atoms with van der Waals surface area (Å²) in [6.07, 6.45) is -7.75. The first kappa shape index (κ1) is 25.1. The van der Waals surface area contributed by atoms with E-state index in [1.54, 1.807) is 0 Å². The third-order valence-electron chi connectivity index (χ3n) is 5.53. The van der Waals surface area contributed by atoms with Gasteiger partial charge >= 0.3 is 12.4 Å². The van der Waals surface area contributed by atoms with Gasteiger partial charge in [0, 0.05) is 0 Å². The lowest BCUT2D eigenvalue weighted by Gasteiger charge is -2.37. The van der Waals surface area contributed by atoms with Crippen molar-refractivity contribution in [1.29, 1.82) is 0 Å². The summed E-state index contributed by atoms with van der Waals surface area (Å²) in [5.74, 6) is -0.0665. The molecule has 0 amide bonds. The molecule has 0 aromatic heterocycles. The van der Waals surface area contributed by atoms with Gasteiger partial charge in [-0.3, -0.25) is 0 Å². The predicted molar refractivity (Wildman–Crippen MR) is 108 cm³/mol. The minimum Gasteiger partial charge on any atom is -0.512 e. The lowest BCUT2D eigenvalue weighted by atomic mass is 9.71. The largest absolute Gasteiger partial charge is 0.512 e.